The molecule has 3 N–H and O–H groups in total. The van der Waals surface area contributed by atoms with Gasteiger partial charge in [-0.25, -0.2) is 0 Å². The Kier molecular flexibility index (Phi) is 4.52. The van der Waals surface area contributed by atoms with Crippen molar-refractivity contribution in [2.45, 2.75) is 5.92 Å². The summed E-state index contributed by atoms with van der Waals surface area (Å²) >= 11 is 0. The van der Waals surface area contributed by atoms with E-state index in [4.69, 9.17) is 4.74 Å². The largest absolute Gasteiger partial charge is 0.457 e. The highest BCUT2D eigenvalue weighted by Gasteiger charge is 2.14. The topological polar surface area (TPSA) is 36.9 Å². The number of hydrogen-bond donors (Lipinski definition) is 1. The van der Waals surface area contributed by atoms with E-state index >= 15 is 0 Å². The first kappa shape index (κ1) is 14.4. The summed E-state index contributed by atoms with van der Waals surface area (Å²) in [5.41, 5.74) is 6.66. The highest BCUT2D eigenvalue weighted by Crippen LogP contribution is 2.27. The number of para-hydroxylation sites is 1. The van der Waals surface area contributed by atoms with Gasteiger partial charge in [0.15, 0.2) is 0 Å². The molecule has 22 heavy (non-hydrogen) atoms. The van der Waals surface area contributed by atoms with Crippen molar-refractivity contribution >= 4 is 0 Å². The third-order valence-electron chi connectivity index (χ3n) is 3.75. The quantitative estimate of drug-likeness (QED) is 0.761. The van der Waals surface area contributed by atoms with Gasteiger partial charge in [0.05, 0.1) is 12.5 Å². The molecule has 2 nitrogen and oxygen atoms in total. The second-order valence-corrected chi connectivity index (χ2v) is 5.24. The Morgan fingerprint density at radius 1 is 0.636 bits per heavy atom. The molecule has 2 heteroatoms. The number of ether oxygens (including phenoxy) is 1. The summed E-state index contributed by atoms with van der Waals surface area (Å²) < 4.78 is 5.84. The fraction of sp³-hybridized carbons (Fsp3) is 0.100. The van der Waals surface area contributed by atoms with Crippen LogP contribution in [0.5, 0.6) is 11.5 Å². The van der Waals surface area contributed by atoms with Gasteiger partial charge in [0.1, 0.15) is 11.5 Å². The summed E-state index contributed by atoms with van der Waals surface area (Å²) in [6.07, 6.45) is 0. The summed E-state index contributed by atoms with van der Waals surface area (Å²) in [6, 6.07) is 28.6. The van der Waals surface area contributed by atoms with E-state index in [9.17, 15) is 0 Å². The summed E-state index contributed by atoms with van der Waals surface area (Å²) in [5, 5.41) is 0. The van der Waals surface area contributed by atoms with Gasteiger partial charge in [0, 0.05) is 0 Å². The van der Waals surface area contributed by atoms with Crippen LogP contribution in [-0.2, 0) is 0 Å². The summed E-state index contributed by atoms with van der Waals surface area (Å²) in [4.78, 5) is 0. The second-order valence-electron chi connectivity index (χ2n) is 5.24. The molecule has 0 radical (unpaired) electrons. The number of rotatable bonds is 5. The van der Waals surface area contributed by atoms with E-state index in [2.05, 4.69) is 42.1 Å². The fourth-order valence-corrected chi connectivity index (χ4v) is 2.60. The highest BCUT2D eigenvalue weighted by molar-refractivity contribution is 5.38. The molecule has 110 valence electrons. The van der Waals surface area contributed by atoms with Crippen LogP contribution in [-0.4, -0.2) is 6.54 Å². The van der Waals surface area contributed by atoms with Crippen molar-refractivity contribution in [1.82, 2.24) is 0 Å². The van der Waals surface area contributed by atoms with Crippen LogP contribution in [0.25, 0.3) is 0 Å². The van der Waals surface area contributed by atoms with Crippen molar-refractivity contribution in [2.24, 2.45) is 0 Å². The molecule has 0 saturated heterocycles. The van der Waals surface area contributed by atoms with Gasteiger partial charge < -0.3 is 10.5 Å². The maximum absolute atomic E-state index is 5.84. The standard InChI is InChI=1S/C20H19NO/c21-15-20(16-7-3-1-4-8-16)17-11-13-19(14-12-17)22-18-9-5-2-6-10-18/h1-14,20H,15,21H2/p+1. The highest BCUT2D eigenvalue weighted by atomic mass is 16.5. The van der Waals surface area contributed by atoms with Gasteiger partial charge >= 0.3 is 0 Å². The van der Waals surface area contributed by atoms with Gasteiger partial charge in [-0.2, -0.15) is 0 Å². The molecule has 0 heterocycles. The fourth-order valence-electron chi connectivity index (χ4n) is 2.60. The molecule has 1 unspecified atom stereocenters. The van der Waals surface area contributed by atoms with Crippen LogP contribution in [0.2, 0.25) is 0 Å². The lowest BCUT2D eigenvalue weighted by molar-refractivity contribution is -0.370. The molecule has 0 aliphatic carbocycles. The van der Waals surface area contributed by atoms with Crippen LogP contribution < -0.4 is 10.5 Å². The predicted octanol–water partition coefficient (Wildman–Crippen LogP) is 3.85. The first-order chi connectivity index (χ1) is 10.9. The lowest BCUT2D eigenvalue weighted by Crippen LogP contribution is -2.53. The van der Waals surface area contributed by atoms with Gasteiger partial charge in [0.2, 0.25) is 0 Å². The summed E-state index contributed by atoms with van der Waals surface area (Å²) in [6.45, 7) is 0.836. The van der Waals surface area contributed by atoms with E-state index in [1.807, 2.05) is 48.5 Å². The van der Waals surface area contributed by atoms with Crippen molar-refractivity contribution in [3.63, 3.8) is 0 Å². The number of hydrogen-bond acceptors (Lipinski definition) is 1. The van der Waals surface area contributed by atoms with Crippen LogP contribution in [0.15, 0.2) is 84.9 Å². The molecule has 0 amide bonds. The molecule has 0 aromatic heterocycles. The lowest BCUT2D eigenvalue weighted by Gasteiger charge is -2.14. The Balaban J connectivity index is 1.78. The monoisotopic (exact) mass is 290 g/mol. The lowest BCUT2D eigenvalue weighted by atomic mass is 9.91. The van der Waals surface area contributed by atoms with E-state index in [0.717, 1.165) is 18.0 Å². The van der Waals surface area contributed by atoms with Crippen molar-refractivity contribution in [3.8, 4) is 11.5 Å². The molecule has 0 aliphatic rings. The van der Waals surface area contributed by atoms with Crippen LogP contribution in [0.4, 0.5) is 0 Å². The molecular weight excluding hydrogens is 270 g/mol. The van der Waals surface area contributed by atoms with Gasteiger partial charge in [-0.3, -0.25) is 0 Å². The molecule has 0 spiro atoms. The Hall–Kier alpha value is -2.58. The Morgan fingerprint density at radius 2 is 1.14 bits per heavy atom. The Labute approximate surface area is 131 Å². The molecule has 0 saturated carbocycles. The first-order valence-corrected chi connectivity index (χ1v) is 7.54. The maximum Gasteiger partial charge on any atom is 0.127 e. The SMILES string of the molecule is [NH3+]CC(c1ccccc1)c1ccc(Oc2ccccc2)cc1. The van der Waals surface area contributed by atoms with E-state index in [0.29, 0.717) is 5.92 Å². The minimum atomic E-state index is 0.326. The van der Waals surface area contributed by atoms with Gasteiger partial charge in [-0.15, -0.1) is 0 Å². The average Bonchev–Trinajstić information content (AvgIpc) is 2.59. The minimum absolute atomic E-state index is 0.326. The van der Waals surface area contributed by atoms with E-state index < -0.39 is 0 Å². The minimum Gasteiger partial charge on any atom is -0.457 e. The summed E-state index contributed by atoms with van der Waals surface area (Å²) in [5.74, 6) is 2.03. The number of benzene rings is 3. The van der Waals surface area contributed by atoms with Crippen LogP contribution >= 0.6 is 0 Å². The zero-order valence-corrected chi connectivity index (χ0v) is 12.5. The maximum atomic E-state index is 5.84. The predicted molar refractivity (Wildman–Crippen MR) is 89.0 cm³/mol. The first-order valence-electron chi connectivity index (χ1n) is 7.54. The van der Waals surface area contributed by atoms with Crippen molar-refractivity contribution in [2.75, 3.05) is 6.54 Å². The molecular formula is C20H20NO+. The van der Waals surface area contributed by atoms with Crippen LogP contribution in [0.3, 0.4) is 0 Å². The third-order valence-corrected chi connectivity index (χ3v) is 3.75. The molecule has 3 aromatic carbocycles. The normalized spacial score (nSPS) is 11.9. The molecule has 0 fully saturated rings. The van der Waals surface area contributed by atoms with Gasteiger partial charge in [0.25, 0.3) is 0 Å². The van der Waals surface area contributed by atoms with Crippen LogP contribution in [0, 0.1) is 0 Å². The molecule has 1 atom stereocenters. The van der Waals surface area contributed by atoms with E-state index in [1.54, 1.807) is 0 Å². The Bertz CT molecular complexity index is 693. The smallest absolute Gasteiger partial charge is 0.127 e. The van der Waals surface area contributed by atoms with Crippen LogP contribution in [0.1, 0.15) is 17.0 Å². The molecule has 3 aromatic rings. The Morgan fingerprint density at radius 3 is 1.73 bits per heavy atom. The van der Waals surface area contributed by atoms with Crippen molar-refractivity contribution < 1.29 is 10.5 Å². The van der Waals surface area contributed by atoms with E-state index in [1.165, 1.54) is 11.1 Å². The van der Waals surface area contributed by atoms with Crippen molar-refractivity contribution in [1.29, 1.82) is 0 Å². The van der Waals surface area contributed by atoms with Gasteiger partial charge in [-0.1, -0.05) is 60.7 Å². The second kappa shape index (κ2) is 6.92. The van der Waals surface area contributed by atoms with Crippen molar-refractivity contribution in [3.05, 3.63) is 96.1 Å². The average molecular weight is 290 g/mol. The van der Waals surface area contributed by atoms with E-state index in [-0.39, 0.29) is 0 Å². The summed E-state index contributed by atoms with van der Waals surface area (Å²) in [7, 11) is 0. The third kappa shape index (κ3) is 3.35. The molecule has 3 rings (SSSR count). The zero-order chi connectivity index (χ0) is 15.2. The molecule has 0 bridgehead atoms. The zero-order valence-electron chi connectivity index (χ0n) is 12.5. The number of quaternary nitrogens is 1. The molecule has 0 aliphatic heterocycles. The van der Waals surface area contributed by atoms with Gasteiger partial charge in [-0.05, 0) is 35.4 Å².